The first-order valence-electron chi connectivity index (χ1n) is 7.91. The SMILES string of the molecule is COc1ccc(F)cc1C(=O)COC(=O)/C(=C/c1cccs1)c1cccs1. The highest BCUT2D eigenvalue weighted by molar-refractivity contribution is 7.12. The van der Waals surface area contributed by atoms with Crippen molar-refractivity contribution in [2.24, 2.45) is 0 Å². The number of ether oxygens (including phenoxy) is 2. The van der Waals surface area contributed by atoms with Crippen molar-refractivity contribution < 1.29 is 23.5 Å². The second-order valence-corrected chi connectivity index (χ2v) is 7.32. The molecule has 4 nitrogen and oxygen atoms in total. The third-order valence-corrected chi connectivity index (χ3v) is 5.36. The van der Waals surface area contributed by atoms with Crippen molar-refractivity contribution in [3.8, 4) is 5.75 Å². The fourth-order valence-electron chi connectivity index (χ4n) is 2.36. The molecule has 1 aromatic carbocycles. The predicted octanol–water partition coefficient (Wildman–Crippen LogP) is 4.92. The largest absolute Gasteiger partial charge is 0.496 e. The van der Waals surface area contributed by atoms with Gasteiger partial charge in [0, 0.05) is 9.75 Å². The van der Waals surface area contributed by atoms with E-state index in [0.29, 0.717) is 5.57 Å². The molecule has 0 aliphatic rings. The summed E-state index contributed by atoms with van der Waals surface area (Å²) in [6, 6.07) is 11.0. The number of esters is 1. The van der Waals surface area contributed by atoms with Crippen molar-refractivity contribution in [3.05, 3.63) is 74.4 Å². The average molecular weight is 402 g/mol. The van der Waals surface area contributed by atoms with Gasteiger partial charge in [0.05, 0.1) is 18.2 Å². The molecular weight excluding hydrogens is 387 g/mol. The molecule has 3 rings (SSSR count). The summed E-state index contributed by atoms with van der Waals surface area (Å²) in [7, 11) is 1.38. The van der Waals surface area contributed by atoms with Gasteiger partial charge in [0.2, 0.25) is 5.78 Å². The zero-order chi connectivity index (χ0) is 19.2. The van der Waals surface area contributed by atoms with E-state index in [-0.39, 0.29) is 11.3 Å². The Morgan fingerprint density at radius 3 is 2.56 bits per heavy atom. The van der Waals surface area contributed by atoms with E-state index < -0.39 is 24.2 Å². The number of halogens is 1. The van der Waals surface area contributed by atoms with Gasteiger partial charge in [0.1, 0.15) is 11.6 Å². The molecular formula is C20H15FO4S2. The zero-order valence-corrected chi connectivity index (χ0v) is 15.9. The Balaban J connectivity index is 1.77. The average Bonchev–Trinajstić information content (AvgIpc) is 3.37. The molecule has 7 heteroatoms. The summed E-state index contributed by atoms with van der Waals surface area (Å²) in [5.74, 6) is -1.50. The van der Waals surface area contributed by atoms with Crippen LogP contribution in [-0.2, 0) is 9.53 Å². The summed E-state index contributed by atoms with van der Waals surface area (Å²) in [6.07, 6.45) is 1.73. The molecule has 0 fully saturated rings. The molecule has 27 heavy (non-hydrogen) atoms. The van der Waals surface area contributed by atoms with Crippen LogP contribution in [-0.4, -0.2) is 25.5 Å². The molecule has 0 bridgehead atoms. The minimum absolute atomic E-state index is 0.0326. The van der Waals surface area contributed by atoms with Crippen LogP contribution in [0.25, 0.3) is 11.6 Å². The summed E-state index contributed by atoms with van der Waals surface area (Å²) in [5, 5.41) is 3.76. The van der Waals surface area contributed by atoms with Crippen molar-refractivity contribution in [3.63, 3.8) is 0 Å². The highest BCUT2D eigenvalue weighted by Crippen LogP contribution is 2.26. The molecule has 0 unspecified atom stereocenters. The van der Waals surface area contributed by atoms with Gasteiger partial charge in [0.25, 0.3) is 0 Å². The van der Waals surface area contributed by atoms with Crippen LogP contribution in [0.2, 0.25) is 0 Å². The topological polar surface area (TPSA) is 52.6 Å². The molecule has 0 aliphatic carbocycles. The standard InChI is InChI=1S/C20H15FO4S2/c1-24-18-7-6-13(21)10-15(18)17(22)12-25-20(23)16(19-5-3-9-27-19)11-14-4-2-8-26-14/h2-11H,12H2,1H3/b16-11+. The molecule has 0 aliphatic heterocycles. The highest BCUT2D eigenvalue weighted by atomic mass is 32.1. The number of benzene rings is 1. The second kappa shape index (κ2) is 8.75. The van der Waals surface area contributed by atoms with E-state index >= 15 is 0 Å². The number of thiophene rings is 2. The predicted molar refractivity (Wildman–Crippen MR) is 105 cm³/mol. The van der Waals surface area contributed by atoms with Gasteiger partial charge in [-0.1, -0.05) is 12.1 Å². The molecule has 2 aromatic heterocycles. The van der Waals surface area contributed by atoms with Crippen molar-refractivity contribution in [1.29, 1.82) is 0 Å². The summed E-state index contributed by atoms with van der Waals surface area (Å²) in [5.41, 5.74) is 0.400. The van der Waals surface area contributed by atoms with Crippen LogP contribution in [0.4, 0.5) is 4.39 Å². The maximum atomic E-state index is 13.4. The van der Waals surface area contributed by atoms with Crippen LogP contribution in [0.3, 0.4) is 0 Å². The van der Waals surface area contributed by atoms with Crippen LogP contribution >= 0.6 is 22.7 Å². The van der Waals surface area contributed by atoms with E-state index in [1.54, 1.807) is 6.08 Å². The molecule has 0 spiro atoms. The van der Waals surface area contributed by atoms with Crippen LogP contribution in [0.5, 0.6) is 5.75 Å². The molecule has 0 amide bonds. The van der Waals surface area contributed by atoms with Crippen molar-refractivity contribution in [2.75, 3.05) is 13.7 Å². The molecule has 2 heterocycles. The first-order chi connectivity index (χ1) is 13.1. The fraction of sp³-hybridized carbons (Fsp3) is 0.100. The van der Waals surface area contributed by atoms with Gasteiger partial charge in [-0.05, 0) is 47.2 Å². The number of carbonyl (C=O) groups excluding carboxylic acids is 2. The van der Waals surface area contributed by atoms with E-state index in [0.717, 1.165) is 15.8 Å². The maximum absolute atomic E-state index is 13.4. The van der Waals surface area contributed by atoms with Crippen LogP contribution in [0.1, 0.15) is 20.1 Å². The Morgan fingerprint density at radius 1 is 1.11 bits per heavy atom. The van der Waals surface area contributed by atoms with E-state index in [2.05, 4.69) is 0 Å². The van der Waals surface area contributed by atoms with Crippen LogP contribution in [0, 0.1) is 5.82 Å². The fourth-order valence-corrected chi connectivity index (χ4v) is 3.75. The number of Topliss-reactive ketones (excluding diaryl/α,β-unsaturated/α-hetero) is 1. The smallest absolute Gasteiger partial charge is 0.340 e. The first kappa shape index (κ1) is 19.0. The van der Waals surface area contributed by atoms with Gasteiger partial charge in [-0.2, -0.15) is 0 Å². The summed E-state index contributed by atoms with van der Waals surface area (Å²) in [4.78, 5) is 26.6. The lowest BCUT2D eigenvalue weighted by atomic mass is 10.1. The first-order valence-corrected chi connectivity index (χ1v) is 9.67. The summed E-state index contributed by atoms with van der Waals surface area (Å²) >= 11 is 2.89. The van der Waals surface area contributed by atoms with E-state index in [9.17, 15) is 14.0 Å². The number of rotatable bonds is 7. The maximum Gasteiger partial charge on any atom is 0.340 e. The van der Waals surface area contributed by atoms with Crippen molar-refractivity contribution >= 4 is 46.1 Å². The molecule has 3 aromatic rings. The summed E-state index contributed by atoms with van der Waals surface area (Å²) < 4.78 is 23.7. The Bertz CT molecular complexity index is 960. The lowest BCUT2D eigenvalue weighted by Gasteiger charge is -2.09. The quantitative estimate of drug-likeness (QED) is 0.320. The van der Waals surface area contributed by atoms with Gasteiger partial charge in [-0.3, -0.25) is 4.79 Å². The van der Waals surface area contributed by atoms with Gasteiger partial charge >= 0.3 is 5.97 Å². The number of ketones is 1. The second-order valence-electron chi connectivity index (χ2n) is 5.39. The zero-order valence-electron chi connectivity index (χ0n) is 14.3. The third kappa shape index (κ3) is 4.69. The van der Waals surface area contributed by atoms with E-state index in [1.165, 1.54) is 41.9 Å². The van der Waals surface area contributed by atoms with Gasteiger partial charge in [0.15, 0.2) is 6.61 Å². The molecule has 0 N–H and O–H groups in total. The Kier molecular flexibility index (Phi) is 6.16. The molecule has 0 saturated heterocycles. The lowest BCUT2D eigenvalue weighted by Crippen LogP contribution is -2.15. The monoisotopic (exact) mass is 402 g/mol. The van der Waals surface area contributed by atoms with Gasteiger partial charge < -0.3 is 9.47 Å². The molecule has 0 atom stereocenters. The number of carbonyl (C=O) groups is 2. The normalized spacial score (nSPS) is 11.3. The summed E-state index contributed by atoms with van der Waals surface area (Å²) in [6.45, 7) is -0.508. The third-order valence-electron chi connectivity index (χ3n) is 3.63. The van der Waals surface area contributed by atoms with Crippen LogP contribution < -0.4 is 4.74 Å². The molecule has 0 radical (unpaired) electrons. The lowest BCUT2D eigenvalue weighted by molar-refractivity contribution is -0.135. The number of methoxy groups -OCH3 is 1. The van der Waals surface area contributed by atoms with E-state index in [4.69, 9.17) is 9.47 Å². The van der Waals surface area contributed by atoms with Crippen LogP contribution in [0.15, 0.2) is 53.2 Å². The Labute approximate surface area is 163 Å². The van der Waals surface area contributed by atoms with Gasteiger partial charge in [-0.25, -0.2) is 9.18 Å². The molecule has 138 valence electrons. The highest BCUT2D eigenvalue weighted by Gasteiger charge is 2.19. The van der Waals surface area contributed by atoms with Crippen molar-refractivity contribution in [2.45, 2.75) is 0 Å². The van der Waals surface area contributed by atoms with Crippen molar-refractivity contribution in [1.82, 2.24) is 0 Å². The Morgan fingerprint density at radius 2 is 1.89 bits per heavy atom. The van der Waals surface area contributed by atoms with Gasteiger partial charge in [-0.15, -0.1) is 22.7 Å². The number of hydrogen-bond donors (Lipinski definition) is 0. The minimum atomic E-state index is -0.616. The Hall–Kier alpha value is -2.77. The number of hydrogen-bond acceptors (Lipinski definition) is 6. The van der Waals surface area contributed by atoms with E-state index in [1.807, 2.05) is 35.0 Å². The molecule has 0 saturated carbocycles. The minimum Gasteiger partial charge on any atom is -0.496 e.